The van der Waals surface area contributed by atoms with Crippen LogP contribution >= 0.6 is 0 Å². The number of aliphatic carboxylic acids is 1. The molecule has 3 amide bonds. The number of nitrogens with one attached hydrogen (secondary N) is 3. The van der Waals surface area contributed by atoms with Gasteiger partial charge in [0.05, 0.1) is 0 Å². The summed E-state index contributed by atoms with van der Waals surface area (Å²) >= 11 is 0. The minimum atomic E-state index is -1.08. The van der Waals surface area contributed by atoms with Crippen molar-refractivity contribution >= 4 is 17.9 Å². The number of rotatable bonds is 13. The van der Waals surface area contributed by atoms with Crippen LogP contribution < -0.4 is 21.7 Å². The summed E-state index contributed by atoms with van der Waals surface area (Å²) < 4.78 is 0. The van der Waals surface area contributed by atoms with Gasteiger partial charge in [0, 0.05) is 6.04 Å². The topological polar surface area (TPSA) is 134 Å². The second-order valence-corrected chi connectivity index (χ2v) is 11.0. The zero-order valence-corrected chi connectivity index (χ0v) is 21.0. The van der Waals surface area contributed by atoms with Crippen LogP contribution in [0.15, 0.2) is 0 Å². The molecule has 0 aromatic rings. The maximum Gasteiger partial charge on any atom is 0.326 e. The van der Waals surface area contributed by atoms with Gasteiger partial charge in [0.1, 0.15) is 12.1 Å². The van der Waals surface area contributed by atoms with Crippen molar-refractivity contribution in [3.8, 4) is 0 Å². The molecular weight excluding hydrogens is 420 g/mol. The number of carbonyl (C=O) groups excluding carboxylic acids is 2. The summed E-state index contributed by atoms with van der Waals surface area (Å²) in [5.41, 5.74) is 5.62. The maximum absolute atomic E-state index is 13.4. The Morgan fingerprint density at radius 3 is 2.27 bits per heavy atom. The lowest BCUT2D eigenvalue weighted by atomic mass is 9.65. The molecule has 0 unspecified atom stereocenters. The standard InChI is InChI=1S/C25H46N4O4/c1-5-13-25(4)20(12-14-24(25,2)3)29-21(30)19(16-17-9-8-10-17)28-23(33)27-18(22(31)32)11-6-7-15-26/h17-20H,5-16,26H2,1-4H3,(H,29,30)(H,31,32)(H2,27,28,33)/t18-,19+,20-,25-/m0/s1. The third-order valence-electron chi connectivity index (χ3n) is 8.42. The summed E-state index contributed by atoms with van der Waals surface area (Å²) in [7, 11) is 0. The van der Waals surface area contributed by atoms with E-state index in [0.29, 0.717) is 38.1 Å². The second-order valence-electron chi connectivity index (χ2n) is 11.0. The molecular formula is C25H46N4O4. The van der Waals surface area contributed by atoms with Crippen molar-refractivity contribution in [3.63, 3.8) is 0 Å². The highest BCUT2D eigenvalue weighted by Gasteiger charge is 2.51. The number of amides is 3. The van der Waals surface area contributed by atoms with Crippen LogP contribution in [0.5, 0.6) is 0 Å². The van der Waals surface area contributed by atoms with E-state index in [9.17, 15) is 19.5 Å². The molecule has 33 heavy (non-hydrogen) atoms. The van der Waals surface area contributed by atoms with E-state index in [0.717, 1.165) is 44.9 Å². The molecule has 0 saturated heterocycles. The van der Waals surface area contributed by atoms with Gasteiger partial charge < -0.3 is 26.8 Å². The second kappa shape index (κ2) is 12.0. The van der Waals surface area contributed by atoms with E-state index < -0.39 is 24.1 Å². The highest BCUT2D eigenvalue weighted by molar-refractivity contribution is 5.89. The van der Waals surface area contributed by atoms with Crippen molar-refractivity contribution in [2.24, 2.45) is 22.5 Å². The van der Waals surface area contributed by atoms with Crippen LogP contribution in [0, 0.1) is 16.7 Å². The fraction of sp³-hybridized carbons (Fsp3) is 0.880. The number of carbonyl (C=O) groups is 3. The summed E-state index contributed by atoms with van der Waals surface area (Å²) in [6.45, 7) is 9.49. The van der Waals surface area contributed by atoms with Crippen LogP contribution in [0.1, 0.15) is 98.3 Å². The molecule has 6 N–H and O–H groups in total. The van der Waals surface area contributed by atoms with Crippen LogP contribution in [-0.4, -0.2) is 47.7 Å². The number of urea groups is 1. The first-order valence-electron chi connectivity index (χ1n) is 12.8. The van der Waals surface area contributed by atoms with Crippen LogP contribution in [0.3, 0.4) is 0 Å². The van der Waals surface area contributed by atoms with E-state index in [4.69, 9.17) is 5.73 Å². The molecule has 0 heterocycles. The monoisotopic (exact) mass is 466 g/mol. The first-order chi connectivity index (χ1) is 15.5. The van der Waals surface area contributed by atoms with Gasteiger partial charge in [-0.3, -0.25) is 4.79 Å². The van der Waals surface area contributed by atoms with Crippen molar-refractivity contribution in [2.45, 2.75) is 116 Å². The Morgan fingerprint density at radius 2 is 1.73 bits per heavy atom. The Hall–Kier alpha value is -1.83. The zero-order chi connectivity index (χ0) is 24.6. The van der Waals surface area contributed by atoms with E-state index in [1.165, 1.54) is 0 Å². The molecule has 2 aliphatic carbocycles. The Bertz CT molecular complexity index is 679. The van der Waals surface area contributed by atoms with Gasteiger partial charge in [0.15, 0.2) is 0 Å². The van der Waals surface area contributed by atoms with Crippen molar-refractivity contribution in [1.29, 1.82) is 0 Å². The summed E-state index contributed by atoms with van der Waals surface area (Å²) in [4.78, 5) is 37.6. The molecule has 2 saturated carbocycles. The molecule has 0 aromatic carbocycles. The van der Waals surface area contributed by atoms with Crippen molar-refractivity contribution in [2.75, 3.05) is 6.54 Å². The highest BCUT2D eigenvalue weighted by Crippen LogP contribution is 2.55. The van der Waals surface area contributed by atoms with Crippen molar-refractivity contribution in [3.05, 3.63) is 0 Å². The average Bonchev–Trinajstić information content (AvgIpc) is 2.92. The fourth-order valence-electron chi connectivity index (χ4n) is 5.52. The molecule has 0 aliphatic heterocycles. The third-order valence-corrected chi connectivity index (χ3v) is 8.42. The Morgan fingerprint density at radius 1 is 1.06 bits per heavy atom. The normalized spacial score (nSPS) is 26.2. The molecule has 2 aliphatic rings. The molecule has 0 aromatic heterocycles. The smallest absolute Gasteiger partial charge is 0.326 e. The van der Waals surface area contributed by atoms with E-state index in [2.05, 4.69) is 43.6 Å². The number of nitrogens with two attached hydrogens (primary N) is 1. The fourth-order valence-corrected chi connectivity index (χ4v) is 5.52. The number of hydrogen-bond donors (Lipinski definition) is 5. The van der Waals surface area contributed by atoms with Crippen LogP contribution in [0.25, 0.3) is 0 Å². The van der Waals surface area contributed by atoms with Crippen LogP contribution in [0.2, 0.25) is 0 Å². The summed E-state index contributed by atoms with van der Waals surface area (Å²) in [5.74, 6) is -0.814. The first-order valence-corrected chi connectivity index (χ1v) is 12.8. The zero-order valence-electron chi connectivity index (χ0n) is 21.0. The molecule has 4 atom stereocenters. The SMILES string of the molecule is CCC[C@@]1(C)[C@@H](NC(=O)[C@@H](CC2CCC2)NC(=O)N[C@@H](CCCCN)C(=O)O)CCC1(C)C. The molecule has 0 bridgehead atoms. The molecule has 0 spiro atoms. The maximum atomic E-state index is 13.4. The molecule has 2 fully saturated rings. The van der Waals surface area contributed by atoms with Gasteiger partial charge >= 0.3 is 12.0 Å². The highest BCUT2D eigenvalue weighted by atomic mass is 16.4. The van der Waals surface area contributed by atoms with Crippen LogP contribution in [0.4, 0.5) is 4.79 Å². The Kier molecular flexibility index (Phi) is 10.0. The van der Waals surface area contributed by atoms with E-state index in [-0.39, 0.29) is 22.8 Å². The quantitative estimate of drug-likeness (QED) is 0.265. The summed E-state index contributed by atoms with van der Waals surface area (Å²) in [6, 6.07) is -2.19. The van der Waals surface area contributed by atoms with E-state index >= 15 is 0 Å². The molecule has 0 radical (unpaired) electrons. The third kappa shape index (κ3) is 7.08. The lowest BCUT2D eigenvalue weighted by Crippen LogP contribution is -2.57. The predicted molar refractivity (Wildman–Crippen MR) is 130 cm³/mol. The number of hydrogen-bond acceptors (Lipinski definition) is 4. The van der Waals surface area contributed by atoms with Crippen LogP contribution in [-0.2, 0) is 9.59 Å². The number of carboxylic acids is 1. The van der Waals surface area contributed by atoms with Gasteiger partial charge in [-0.15, -0.1) is 0 Å². The van der Waals surface area contributed by atoms with Gasteiger partial charge in [-0.05, 0) is 68.2 Å². The Balaban J connectivity index is 2.04. The van der Waals surface area contributed by atoms with Crippen molar-refractivity contribution < 1.29 is 19.5 Å². The van der Waals surface area contributed by atoms with Gasteiger partial charge in [0.25, 0.3) is 0 Å². The molecule has 2 rings (SSSR count). The molecule has 8 heteroatoms. The number of unbranched alkanes of at least 4 members (excludes halogenated alkanes) is 1. The molecule has 8 nitrogen and oxygen atoms in total. The lowest BCUT2D eigenvalue weighted by molar-refractivity contribution is -0.139. The minimum Gasteiger partial charge on any atom is -0.480 e. The lowest BCUT2D eigenvalue weighted by Gasteiger charge is -2.43. The van der Waals surface area contributed by atoms with E-state index in [1.807, 2.05) is 0 Å². The van der Waals surface area contributed by atoms with Gasteiger partial charge in [-0.25, -0.2) is 9.59 Å². The van der Waals surface area contributed by atoms with Gasteiger partial charge in [0.2, 0.25) is 5.91 Å². The summed E-state index contributed by atoms with van der Waals surface area (Å²) in [6.07, 6.45) is 9.58. The van der Waals surface area contributed by atoms with Crippen molar-refractivity contribution in [1.82, 2.24) is 16.0 Å². The molecule has 190 valence electrons. The Labute approximate surface area is 199 Å². The first kappa shape index (κ1) is 27.4. The minimum absolute atomic E-state index is 0.00190. The number of carboxylic acid groups (broad SMARTS) is 1. The predicted octanol–water partition coefficient (Wildman–Crippen LogP) is 3.54. The van der Waals surface area contributed by atoms with Gasteiger partial charge in [-0.1, -0.05) is 53.4 Å². The summed E-state index contributed by atoms with van der Waals surface area (Å²) in [5, 5.41) is 18.1. The largest absolute Gasteiger partial charge is 0.480 e. The van der Waals surface area contributed by atoms with Gasteiger partial charge in [-0.2, -0.15) is 0 Å². The average molecular weight is 467 g/mol. The van der Waals surface area contributed by atoms with E-state index in [1.54, 1.807) is 0 Å².